The summed E-state index contributed by atoms with van der Waals surface area (Å²) in [5, 5.41) is 1.06. The minimum Gasteiger partial charge on any atom is -0.457 e. The number of hydrogen-bond donors (Lipinski definition) is 0. The molecule has 4 nitrogen and oxygen atoms in total. The number of para-hydroxylation sites is 2. The molecule has 160 valence electrons. The summed E-state index contributed by atoms with van der Waals surface area (Å²) in [4.78, 5) is 19.6. The summed E-state index contributed by atoms with van der Waals surface area (Å²) in [6, 6.07) is 25.7. The molecule has 0 saturated heterocycles. The van der Waals surface area contributed by atoms with Crippen molar-refractivity contribution in [1.29, 1.82) is 0 Å². The Labute approximate surface area is 197 Å². The van der Waals surface area contributed by atoms with Crippen LogP contribution in [0, 0.1) is 0 Å². The molecule has 0 bridgehead atoms. The standard InChI is InChI=1S/C26H20Cl2N2O2/c27-21-13-12-20(24(28)15-21)18-30(17-19-7-6-14-29-16-19)26(31)23-10-4-5-11-25(23)32-22-8-2-1-3-9-22/h1-16H,17-18H2. The average molecular weight is 463 g/mol. The molecule has 0 spiro atoms. The number of carbonyl (C=O) groups excluding carboxylic acids is 1. The van der Waals surface area contributed by atoms with Crippen molar-refractivity contribution in [2.24, 2.45) is 0 Å². The van der Waals surface area contributed by atoms with Crippen molar-refractivity contribution in [2.45, 2.75) is 13.1 Å². The molecule has 0 unspecified atom stereocenters. The highest BCUT2D eigenvalue weighted by Crippen LogP contribution is 2.28. The van der Waals surface area contributed by atoms with Crippen molar-refractivity contribution in [2.75, 3.05) is 0 Å². The fourth-order valence-corrected chi connectivity index (χ4v) is 3.75. The van der Waals surface area contributed by atoms with Gasteiger partial charge >= 0.3 is 0 Å². The average Bonchev–Trinajstić information content (AvgIpc) is 2.81. The van der Waals surface area contributed by atoms with Gasteiger partial charge in [0.25, 0.3) is 5.91 Å². The maximum absolute atomic E-state index is 13.7. The van der Waals surface area contributed by atoms with Crippen molar-refractivity contribution < 1.29 is 9.53 Å². The molecule has 32 heavy (non-hydrogen) atoms. The summed E-state index contributed by atoms with van der Waals surface area (Å²) in [6.07, 6.45) is 3.45. The maximum atomic E-state index is 13.7. The first kappa shape index (κ1) is 21.9. The quantitative estimate of drug-likeness (QED) is 0.296. The molecule has 1 heterocycles. The van der Waals surface area contributed by atoms with Gasteiger partial charge in [-0.1, -0.05) is 65.7 Å². The van der Waals surface area contributed by atoms with Crippen molar-refractivity contribution in [3.8, 4) is 11.5 Å². The van der Waals surface area contributed by atoms with Gasteiger partial charge in [0, 0.05) is 35.5 Å². The van der Waals surface area contributed by atoms with Gasteiger partial charge in [0.1, 0.15) is 11.5 Å². The molecule has 0 fully saturated rings. The predicted octanol–water partition coefficient (Wildman–Crippen LogP) is 7.02. The Kier molecular flexibility index (Phi) is 7.05. The van der Waals surface area contributed by atoms with E-state index in [9.17, 15) is 4.79 Å². The van der Waals surface area contributed by atoms with E-state index in [1.54, 1.807) is 41.6 Å². The summed E-state index contributed by atoms with van der Waals surface area (Å²) >= 11 is 12.5. The Balaban J connectivity index is 1.67. The minimum absolute atomic E-state index is 0.175. The summed E-state index contributed by atoms with van der Waals surface area (Å²) in [6.45, 7) is 0.675. The van der Waals surface area contributed by atoms with Crippen molar-refractivity contribution >= 4 is 29.1 Å². The van der Waals surface area contributed by atoms with Crippen molar-refractivity contribution in [3.63, 3.8) is 0 Å². The SMILES string of the molecule is O=C(c1ccccc1Oc1ccccc1)N(Cc1cccnc1)Cc1ccc(Cl)cc1Cl. The third-order valence-corrected chi connectivity index (χ3v) is 5.44. The van der Waals surface area contributed by atoms with Gasteiger partial charge in [0.15, 0.2) is 0 Å². The molecule has 0 atom stereocenters. The van der Waals surface area contributed by atoms with Gasteiger partial charge in [-0.15, -0.1) is 0 Å². The molecule has 6 heteroatoms. The molecule has 4 aromatic rings. The van der Waals surface area contributed by atoms with Crippen LogP contribution in [0.1, 0.15) is 21.5 Å². The van der Waals surface area contributed by atoms with Crippen LogP contribution in [0.5, 0.6) is 11.5 Å². The molecule has 0 saturated carbocycles. The number of hydrogen-bond acceptors (Lipinski definition) is 3. The molecule has 0 aliphatic carbocycles. The van der Waals surface area contributed by atoms with Gasteiger partial charge in [-0.2, -0.15) is 0 Å². The van der Waals surface area contributed by atoms with Crippen molar-refractivity contribution in [3.05, 3.63) is 124 Å². The number of rotatable bonds is 7. The second-order valence-electron chi connectivity index (χ2n) is 7.17. The van der Waals surface area contributed by atoms with E-state index in [1.165, 1.54) is 0 Å². The zero-order valence-electron chi connectivity index (χ0n) is 17.1. The highest BCUT2D eigenvalue weighted by atomic mass is 35.5. The molecule has 0 N–H and O–H groups in total. The van der Waals surface area contributed by atoms with E-state index in [1.807, 2.05) is 60.7 Å². The lowest BCUT2D eigenvalue weighted by atomic mass is 10.1. The lowest BCUT2D eigenvalue weighted by Gasteiger charge is -2.24. The number of pyridine rings is 1. The Bertz CT molecular complexity index is 1200. The first-order chi connectivity index (χ1) is 15.6. The number of benzene rings is 3. The topological polar surface area (TPSA) is 42.4 Å². The summed E-state index contributed by atoms with van der Waals surface area (Å²) in [5.41, 5.74) is 2.17. The second-order valence-corrected chi connectivity index (χ2v) is 8.01. The number of ether oxygens (including phenoxy) is 1. The third-order valence-electron chi connectivity index (χ3n) is 4.85. The molecule has 0 aliphatic heterocycles. The monoisotopic (exact) mass is 462 g/mol. The van der Waals surface area contributed by atoms with E-state index < -0.39 is 0 Å². The number of aromatic nitrogens is 1. The van der Waals surface area contributed by atoms with Gasteiger partial charge < -0.3 is 9.64 Å². The fraction of sp³-hybridized carbons (Fsp3) is 0.0769. The zero-order chi connectivity index (χ0) is 22.3. The highest BCUT2D eigenvalue weighted by Gasteiger charge is 2.21. The second kappa shape index (κ2) is 10.3. The Morgan fingerprint density at radius 3 is 2.41 bits per heavy atom. The molecular weight excluding hydrogens is 443 g/mol. The lowest BCUT2D eigenvalue weighted by Crippen LogP contribution is -2.30. The number of carbonyl (C=O) groups is 1. The van der Waals surface area contributed by atoms with Gasteiger partial charge in [-0.3, -0.25) is 9.78 Å². The third kappa shape index (κ3) is 5.47. The van der Waals surface area contributed by atoms with E-state index in [0.717, 1.165) is 11.1 Å². The smallest absolute Gasteiger partial charge is 0.258 e. The zero-order valence-corrected chi connectivity index (χ0v) is 18.6. The molecule has 0 radical (unpaired) electrons. The van der Waals surface area contributed by atoms with Gasteiger partial charge in [-0.25, -0.2) is 0 Å². The molecule has 1 aromatic heterocycles. The summed E-state index contributed by atoms with van der Waals surface area (Å²) in [7, 11) is 0. The van der Waals surface area contributed by atoms with Crippen LogP contribution in [0.4, 0.5) is 0 Å². The molecule has 0 aliphatic rings. The Morgan fingerprint density at radius 2 is 1.66 bits per heavy atom. The van der Waals surface area contributed by atoms with Crippen LogP contribution in [0.25, 0.3) is 0 Å². The van der Waals surface area contributed by atoms with E-state index in [-0.39, 0.29) is 5.91 Å². The van der Waals surface area contributed by atoms with Gasteiger partial charge in [0.05, 0.1) is 5.56 Å². The normalized spacial score (nSPS) is 10.6. The number of nitrogens with zero attached hydrogens (tertiary/aromatic N) is 2. The van der Waals surface area contributed by atoms with Crippen molar-refractivity contribution in [1.82, 2.24) is 9.88 Å². The maximum Gasteiger partial charge on any atom is 0.258 e. The van der Waals surface area contributed by atoms with Crippen LogP contribution in [0.2, 0.25) is 10.0 Å². The summed E-state index contributed by atoms with van der Waals surface area (Å²) in [5.74, 6) is 0.973. The molecule has 4 rings (SSSR count). The van der Waals surface area contributed by atoms with E-state index in [0.29, 0.717) is 40.2 Å². The van der Waals surface area contributed by atoms with E-state index in [2.05, 4.69) is 4.98 Å². The first-order valence-electron chi connectivity index (χ1n) is 10.0. The summed E-state index contributed by atoms with van der Waals surface area (Å²) < 4.78 is 6.02. The Morgan fingerprint density at radius 1 is 0.875 bits per heavy atom. The van der Waals surface area contributed by atoms with Crippen LogP contribution < -0.4 is 4.74 Å². The van der Waals surface area contributed by atoms with Gasteiger partial charge in [-0.05, 0) is 53.6 Å². The lowest BCUT2D eigenvalue weighted by molar-refractivity contribution is 0.0727. The fourth-order valence-electron chi connectivity index (χ4n) is 3.29. The van der Waals surface area contributed by atoms with Crippen LogP contribution in [0.15, 0.2) is 97.3 Å². The van der Waals surface area contributed by atoms with E-state index in [4.69, 9.17) is 27.9 Å². The largest absolute Gasteiger partial charge is 0.457 e. The van der Waals surface area contributed by atoms with Crippen LogP contribution >= 0.6 is 23.2 Å². The molecule has 1 amide bonds. The van der Waals surface area contributed by atoms with Crippen LogP contribution in [-0.2, 0) is 13.1 Å². The van der Waals surface area contributed by atoms with Crippen LogP contribution in [0.3, 0.4) is 0 Å². The van der Waals surface area contributed by atoms with Crippen LogP contribution in [-0.4, -0.2) is 15.8 Å². The van der Waals surface area contributed by atoms with E-state index >= 15 is 0 Å². The molecule has 3 aromatic carbocycles. The molecular formula is C26H20Cl2N2O2. The highest BCUT2D eigenvalue weighted by molar-refractivity contribution is 6.35. The predicted molar refractivity (Wildman–Crippen MR) is 127 cm³/mol. The Hall–Kier alpha value is -3.34. The first-order valence-corrected chi connectivity index (χ1v) is 10.8. The minimum atomic E-state index is -0.175. The number of amides is 1. The number of halogens is 2. The van der Waals surface area contributed by atoms with Gasteiger partial charge in [0.2, 0.25) is 0 Å².